The molecule has 0 radical (unpaired) electrons. The third-order valence-corrected chi connectivity index (χ3v) is 3.76. The molecule has 0 aromatic heterocycles. The van der Waals surface area contributed by atoms with E-state index >= 15 is 0 Å². The van der Waals surface area contributed by atoms with Crippen LogP contribution in [0.15, 0.2) is 36.4 Å². The maximum Gasteiger partial charge on any atom is 0.339 e. The van der Waals surface area contributed by atoms with Gasteiger partial charge in [-0.25, -0.2) is 38.7 Å². The number of carboxylic acids is 2. The molecule has 34 heavy (non-hydrogen) atoms. The fourth-order valence-corrected chi connectivity index (χ4v) is 2.21. The number of rotatable bonds is 16. The van der Waals surface area contributed by atoms with Crippen molar-refractivity contribution in [3.05, 3.63) is 58.7 Å². The lowest BCUT2D eigenvalue weighted by Crippen LogP contribution is -2.18. The average Bonchev–Trinajstić information content (AvgIpc) is 2.76. The molecule has 0 saturated heterocycles. The Labute approximate surface area is 195 Å². The second-order valence-electron chi connectivity index (χ2n) is 6.84. The van der Waals surface area contributed by atoms with Crippen molar-refractivity contribution in [2.45, 2.75) is 20.5 Å². The van der Waals surface area contributed by atoms with Crippen LogP contribution in [0.3, 0.4) is 0 Å². The molecular formula is C22H26O12. The van der Waals surface area contributed by atoms with Gasteiger partial charge < -0.3 is 19.7 Å². The van der Waals surface area contributed by atoms with Crippen LogP contribution in [0.5, 0.6) is 0 Å². The van der Waals surface area contributed by atoms with Crippen LogP contribution < -0.4 is 0 Å². The van der Waals surface area contributed by atoms with E-state index in [0.717, 1.165) is 12.1 Å². The zero-order valence-electron chi connectivity index (χ0n) is 18.8. The number of aromatic carboxylic acids is 2. The molecule has 0 amide bonds. The van der Waals surface area contributed by atoms with Crippen LogP contribution in [0.4, 0.5) is 0 Å². The first-order valence-corrected chi connectivity index (χ1v) is 9.81. The summed E-state index contributed by atoms with van der Waals surface area (Å²) in [7, 11) is 0. The third kappa shape index (κ3) is 9.92. The molecule has 0 heterocycles. The molecule has 12 nitrogen and oxygen atoms in total. The monoisotopic (exact) mass is 482 g/mol. The summed E-state index contributed by atoms with van der Waals surface area (Å²) in [4.78, 5) is 66.1. The number of hydrogen-bond donors (Lipinski definition) is 2. The molecule has 0 aliphatic rings. The van der Waals surface area contributed by atoms with Crippen molar-refractivity contribution >= 4 is 23.9 Å². The van der Waals surface area contributed by atoms with Gasteiger partial charge in [-0.3, -0.25) is 0 Å². The Balaban J connectivity index is 2.81. The number of ether oxygens (including phenoxy) is 2. The van der Waals surface area contributed by atoms with Crippen molar-refractivity contribution in [2.75, 3.05) is 33.0 Å². The zero-order valence-corrected chi connectivity index (χ0v) is 18.8. The van der Waals surface area contributed by atoms with E-state index in [0.29, 0.717) is 5.57 Å². The molecule has 0 bridgehead atoms. The number of benzene rings is 1. The van der Waals surface area contributed by atoms with Crippen LogP contribution in [0.1, 0.15) is 50.5 Å². The van der Waals surface area contributed by atoms with E-state index in [9.17, 15) is 29.4 Å². The minimum absolute atomic E-state index is 0.0515. The summed E-state index contributed by atoms with van der Waals surface area (Å²) in [6.07, 6.45) is 0. The average molecular weight is 482 g/mol. The first kappa shape index (κ1) is 28.5. The summed E-state index contributed by atoms with van der Waals surface area (Å²) in [5, 5.41) is 18.8. The van der Waals surface area contributed by atoms with Gasteiger partial charge in [-0.2, -0.15) is 0 Å². The number of carboxylic acid groups (broad SMARTS) is 2. The molecular weight excluding hydrogens is 456 g/mol. The van der Waals surface area contributed by atoms with Gasteiger partial charge in [-0.05, 0) is 31.5 Å². The molecule has 186 valence electrons. The summed E-state index contributed by atoms with van der Waals surface area (Å²) in [5.41, 5.74) is -0.510. The molecule has 0 aliphatic heterocycles. The largest absolute Gasteiger partial charge is 0.478 e. The lowest BCUT2D eigenvalue weighted by atomic mass is 9.98. The molecule has 1 aromatic carbocycles. The first-order valence-electron chi connectivity index (χ1n) is 9.81. The van der Waals surface area contributed by atoms with E-state index in [1.807, 2.05) is 0 Å². The summed E-state index contributed by atoms with van der Waals surface area (Å²) in [6.45, 7) is 9.22. The van der Waals surface area contributed by atoms with E-state index in [1.54, 1.807) is 6.92 Å². The van der Waals surface area contributed by atoms with Crippen molar-refractivity contribution in [2.24, 2.45) is 0 Å². The van der Waals surface area contributed by atoms with Crippen LogP contribution in [0.2, 0.25) is 0 Å². The second kappa shape index (κ2) is 14.5. The van der Waals surface area contributed by atoms with Crippen molar-refractivity contribution in [3.8, 4) is 0 Å². The Morgan fingerprint density at radius 3 is 1.91 bits per heavy atom. The summed E-state index contributed by atoms with van der Waals surface area (Å²) < 4.78 is 9.77. The Morgan fingerprint density at radius 1 is 0.765 bits per heavy atom. The number of hydrogen-bond acceptors (Lipinski definition) is 10. The number of carbonyl (C=O) groups is 4. The highest BCUT2D eigenvalue weighted by Gasteiger charge is 2.24. The molecule has 0 saturated carbocycles. The highest BCUT2D eigenvalue weighted by Crippen LogP contribution is 2.20. The number of carbonyl (C=O) groups excluding carboxylic acids is 2. The normalized spacial score (nSPS) is 10.4. The second-order valence-corrected chi connectivity index (χ2v) is 6.84. The molecule has 2 N–H and O–H groups in total. The van der Waals surface area contributed by atoms with Crippen molar-refractivity contribution < 1.29 is 58.4 Å². The topological polar surface area (TPSA) is 164 Å². The van der Waals surface area contributed by atoms with E-state index in [4.69, 9.17) is 29.0 Å². The predicted molar refractivity (Wildman–Crippen MR) is 114 cm³/mol. The molecule has 0 atom stereocenters. The van der Waals surface area contributed by atoms with Gasteiger partial charge in [-0.1, -0.05) is 18.7 Å². The fraction of sp³-hybridized carbons (Fsp3) is 0.364. The lowest BCUT2D eigenvalue weighted by Gasteiger charge is -2.13. The van der Waals surface area contributed by atoms with E-state index in [-0.39, 0.29) is 44.2 Å². The minimum Gasteiger partial charge on any atom is -0.478 e. The van der Waals surface area contributed by atoms with Crippen LogP contribution in [0, 0.1) is 0 Å². The maximum atomic E-state index is 12.4. The first-order chi connectivity index (χ1) is 16.0. The van der Waals surface area contributed by atoms with E-state index in [1.165, 1.54) is 6.92 Å². The van der Waals surface area contributed by atoms with E-state index in [2.05, 4.69) is 13.2 Å². The van der Waals surface area contributed by atoms with Gasteiger partial charge in [0.2, 0.25) is 0 Å². The Hall–Kier alpha value is -3.58. The quantitative estimate of drug-likeness (QED) is 0.0883. The Morgan fingerprint density at radius 2 is 1.35 bits per heavy atom. The Kier molecular flexibility index (Phi) is 12.2. The maximum absolute atomic E-state index is 12.4. The highest BCUT2D eigenvalue weighted by atomic mass is 17.2. The highest BCUT2D eigenvalue weighted by molar-refractivity contribution is 6.05. The number of esters is 2. The smallest absolute Gasteiger partial charge is 0.339 e. The van der Waals surface area contributed by atoms with Gasteiger partial charge >= 0.3 is 23.9 Å². The standard InChI is InChI=1S/C22H26O12/c1-13(2)11-33-31-8-6-30-22(28)18-9-15(16(19(23)24)10-17(18)20(25)26)12-34-32-7-5-29-21(27)14(3)4/h9-10H,1,3,5-8,11-12H2,2,4H3,(H,23,24)(H,25,26). The SMILES string of the molecule is C=C(C)COOCCOC(=O)c1cc(COOCCOC(=O)C(=C)C)c(C(=O)O)cc1C(=O)O. The van der Waals surface area contributed by atoms with Gasteiger partial charge in [0.25, 0.3) is 0 Å². The van der Waals surface area contributed by atoms with Crippen LogP contribution in [-0.4, -0.2) is 67.1 Å². The zero-order chi connectivity index (χ0) is 25.7. The van der Waals surface area contributed by atoms with Crippen molar-refractivity contribution in [1.82, 2.24) is 0 Å². The molecule has 0 spiro atoms. The molecule has 0 aliphatic carbocycles. The molecule has 0 unspecified atom stereocenters. The molecule has 1 aromatic rings. The molecule has 1 rings (SSSR count). The van der Waals surface area contributed by atoms with Gasteiger partial charge in [0.1, 0.15) is 39.6 Å². The Bertz CT molecular complexity index is 934. The third-order valence-electron chi connectivity index (χ3n) is 3.76. The minimum atomic E-state index is -1.53. The van der Waals surface area contributed by atoms with Crippen LogP contribution >= 0.6 is 0 Å². The van der Waals surface area contributed by atoms with Gasteiger partial charge in [0.15, 0.2) is 0 Å². The van der Waals surface area contributed by atoms with Crippen molar-refractivity contribution in [1.29, 1.82) is 0 Å². The van der Waals surface area contributed by atoms with Gasteiger partial charge in [-0.15, -0.1) is 0 Å². The molecule has 12 heteroatoms. The summed E-state index contributed by atoms with van der Waals surface area (Å²) in [6, 6.07) is 1.85. The summed E-state index contributed by atoms with van der Waals surface area (Å²) in [5.74, 6) is -4.61. The fourth-order valence-electron chi connectivity index (χ4n) is 2.21. The van der Waals surface area contributed by atoms with Crippen molar-refractivity contribution in [3.63, 3.8) is 0 Å². The van der Waals surface area contributed by atoms with E-state index < -0.39 is 47.2 Å². The predicted octanol–water partition coefficient (Wildman–Crippen LogP) is 2.33. The van der Waals surface area contributed by atoms with Gasteiger partial charge in [0.05, 0.1) is 16.7 Å². The summed E-state index contributed by atoms with van der Waals surface area (Å²) >= 11 is 0. The van der Waals surface area contributed by atoms with Crippen LogP contribution in [-0.2, 0) is 40.4 Å². The molecule has 0 fully saturated rings. The van der Waals surface area contributed by atoms with Gasteiger partial charge in [0, 0.05) is 5.57 Å². The lowest BCUT2D eigenvalue weighted by molar-refractivity contribution is -0.307. The van der Waals surface area contributed by atoms with Crippen LogP contribution in [0.25, 0.3) is 0 Å².